The minimum Gasteiger partial charge on any atom is -0.463 e. The fourth-order valence-corrected chi connectivity index (χ4v) is 4.16. The maximum absolute atomic E-state index is 12.6. The largest absolute Gasteiger partial charge is 0.513 e. The molecule has 40 heavy (non-hydrogen) atoms. The lowest BCUT2D eigenvalue weighted by Crippen LogP contribution is -2.32. The molecule has 2 aliphatic rings. The van der Waals surface area contributed by atoms with Crippen LogP contribution in [0, 0.1) is 5.92 Å². The van der Waals surface area contributed by atoms with E-state index in [0.29, 0.717) is 31.6 Å². The van der Waals surface area contributed by atoms with Crippen LogP contribution in [0.5, 0.6) is 11.5 Å². The molecule has 0 radical (unpaired) electrons. The van der Waals surface area contributed by atoms with Crippen LogP contribution >= 0.6 is 0 Å². The summed E-state index contributed by atoms with van der Waals surface area (Å²) < 4.78 is 37.2. The number of unbranched alkanes of at least 4 members (excludes halogenated alkanes) is 1. The Labute approximate surface area is 230 Å². The first-order valence-corrected chi connectivity index (χ1v) is 12.8. The molecule has 0 aromatic heterocycles. The molecule has 2 aromatic rings. The van der Waals surface area contributed by atoms with Gasteiger partial charge in [-0.25, -0.2) is 19.2 Å². The summed E-state index contributed by atoms with van der Waals surface area (Å²) in [6.07, 6.45) is 0.390. The van der Waals surface area contributed by atoms with Gasteiger partial charge in [-0.1, -0.05) is 13.5 Å². The molecule has 2 heterocycles. The third-order valence-electron chi connectivity index (χ3n) is 6.28. The zero-order chi connectivity index (χ0) is 28.5. The molecule has 11 nitrogen and oxygen atoms in total. The SMILES string of the molecule is C=CC(=O)OCCCCOC(=O)Oc1ccc(C(=O)Oc2ccc(C(=O)OC3COC4C3OC[C@H]4C)cc2)cc1. The molecule has 11 heteroatoms. The molecule has 3 unspecified atom stereocenters. The van der Waals surface area contributed by atoms with Crippen molar-refractivity contribution < 1.29 is 52.3 Å². The first kappa shape index (κ1) is 28.8. The van der Waals surface area contributed by atoms with Gasteiger partial charge in [0.05, 0.1) is 43.7 Å². The van der Waals surface area contributed by atoms with Crippen molar-refractivity contribution in [2.45, 2.75) is 38.1 Å². The van der Waals surface area contributed by atoms with Gasteiger partial charge in [0, 0.05) is 12.0 Å². The summed E-state index contributed by atoms with van der Waals surface area (Å²) in [6, 6.07) is 11.7. The van der Waals surface area contributed by atoms with Gasteiger partial charge in [-0.2, -0.15) is 0 Å². The van der Waals surface area contributed by atoms with Crippen LogP contribution in [0.4, 0.5) is 4.79 Å². The lowest BCUT2D eigenvalue weighted by molar-refractivity contribution is -0.137. The van der Waals surface area contributed by atoms with Crippen molar-refractivity contribution in [2.75, 3.05) is 26.4 Å². The van der Waals surface area contributed by atoms with Crippen LogP contribution in [0.2, 0.25) is 0 Å². The van der Waals surface area contributed by atoms with Crippen molar-refractivity contribution in [1.82, 2.24) is 0 Å². The van der Waals surface area contributed by atoms with E-state index in [1.807, 2.05) is 6.92 Å². The van der Waals surface area contributed by atoms with Crippen LogP contribution in [0.1, 0.15) is 40.5 Å². The van der Waals surface area contributed by atoms with Gasteiger partial charge < -0.3 is 33.2 Å². The van der Waals surface area contributed by atoms with Crippen molar-refractivity contribution in [3.63, 3.8) is 0 Å². The van der Waals surface area contributed by atoms with E-state index in [0.717, 1.165) is 6.08 Å². The Bertz CT molecular complexity index is 1210. The van der Waals surface area contributed by atoms with Gasteiger partial charge in [0.15, 0.2) is 6.10 Å². The highest BCUT2D eigenvalue weighted by Gasteiger charge is 2.47. The standard InChI is InChI=1S/C29H30O11/c1-3-24(30)34-14-4-5-15-35-29(33)39-22-12-8-19(9-13-22)27(31)38-21-10-6-20(7-11-21)28(32)40-23-17-37-25-18(2)16-36-26(23)25/h3,6-13,18,23,25-26H,1,4-5,14-17H2,2H3/t18-,23?,25?,26?/m1/s1. The number of benzene rings is 2. The van der Waals surface area contributed by atoms with Crippen molar-refractivity contribution in [1.29, 1.82) is 0 Å². The summed E-state index contributed by atoms with van der Waals surface area (Å²) in [5, 5.41) is 0. The van der Waals surface area contributed by atoms with Gasteiger partial charge in [0.1, 0.15) is 17.6 Å². The number of ether oxygens (including phenoxy) is 7. The third-order valence-corrected chi connectivity index (χ3v) is 6.28. The van der Waals surface area contributed by atoms with Gasteiger partial charge in [-0.05, 0) is 61.4 Å². The highest BCUT2D eigenvalue weighted by atomic mass is 16.7. The van der Waals surface area contributed by atoms with Crippen molar-refractivity contribution in [3.8, 4) is 11.5 Å². The van der Waals surface area contributed by atoms with Gasteiger partial charge in [0.2, 0.25) is 0 Å². The molecular weight excluding hydrogens is 524 g/mol. The van der Waals surface area contributed by atoms with Gasteiger partial charge >= 0.3 is 24.1 Å². The summed E-state index contributed by atoms with van der Waals surface area (Å²) in [5.74, 6) is -0.984. The van der Waals surface area contributed by atoms with E-state index >= 15 is 0 Å². The maximum Gasteiger partial charge on any atom is 0.513 e. The molecular formula is C29H30O11. The number of carbonyl (C=O) groups is 4. The van der Waals surface area contributed by atoms with Crippen LogP contribution in [-0.2, 0) is 28.5 Å². The number of esters is 3. The highest BCUT2D eigenvalue weighted by molar-refractivity contribution is 5.92. The van der Waals surface area contributed by atoms with Crippen LogP contribution in [0.25, 0.3) is 0 Å². The Balaban J connectivity index is 1.18. The van der Waals surface area contributed by atoms with Crippen molar-refractivity contribution >= 4 is 24.1 Å². The Kier molecular flexibility index (Phi) is 9.87. The fraction of sp³-hybridized carbons (Fsp3) is 0.379. The van der Waals surface area contributed by atoms with Crippen LogP contribution < -0.4 is 9.47 Å². The maximum atomic E-state index is 12.6. The molecule has 0 N–H and O–H groups in total. The number of hydrogen-bond donors (Lipinski definition) is 0. The average molecular weight is 555 g/mol. The molecule has 4 rings (SSSR count). The van der Waals surface area contributed by atoms with Gasteiger partial charge in [0.25, 0.3) is 0 Å². The van der Waals surface area contributed by atoms with Crippen LogP contribution in [-0.4, -0.2) is 68.8 Å². The molecule has 2 saturated heterocycles. The topological polar surface area (TPSA) is 133 Å². The second-order valence-electron chi connectivity index (χ2n) is 9.23. The summed E-state index contributed by atoms with van der Waals surface area (Å²) in [6.45, 7) is 6.49. The number of hydrogen-bond acceptors (Lipinski definition) is 11. The second-order valence-corrected chi connectivity index (χ2v) is 9.23. The molecule has 0 amide bonds. The van der Waals surface area contributed by atoms with Crippen molar-refractivity contribution in [2.24, 2.45) is 5.92 Å². The Morgan fingerprint density at radius 3 is 2.02 bits per heavy atom. The number of fused-ring (bicyclic) bond motifs is 1. The van der Waals surface area contributed by atoms with E-state index in [9.17, 15) is 19.2 Å². The minimum absolute atomic E-state index is 0.0627. The molecule has 2 fully saturated rings. The van der Waals surface area contributed by atoms with E-state index in [1.54, 1.807) is 0 Å². The van der Waals surface area contributed by atoms with E-state index in [2.05, 4.69) is 6.58 Å². The highest BCUT2D eigenvalue weighted by Crippen LogP contribution is 2.32. The predicted molar refractivity (Wildman–Crippen MR) is 138 cm³/mol. The van der Waals surface area contributed by atoms with E-state index in [1.165, 1.54) is 48.5 Å². The molecule has 4 atom stereocenters. The zero-order valence-corrected chi connectivity index (χ0v) is 21.9. The quantitative estimate of drug-likeness (QED) is 0.100. The van der Waals surface area contributed by atoms with Gasteiger partial charge in [-0.3, -0.25) is 0 Å². The normalized spacial score (nSPS) is 21.1. The predicted octanol–water partition coefficient (Wildman–Crippen LogP) is 3.89. The third kappa shape index (κ3) is 7.67. The fourth-order valence-electron chi connectivity index (χ4n) is 4.16. The molecule has 0 aliphatic carbocycles. The van der Waals surface area contributed by atoms with E-state index < -0.39 is 30.2 Å². The summed E-state index contributed by atoms with van der Waals surface area (Å²) in [4.78, 5) is 47.8. The Hall–Kier alpha value is -4.22. The van der Waals surface area contributed by atoms with Gasteiger partial charge in [-0.15, -0.1) is 0 Å². The molecule has 0 bridgehead atoms. The molecule has 212 valence electrons. The summed E-state index contributed by atoms with van der Waals surface area (Å²) in [7, 11) is 0. The molecule has 0 spiro atoms. The van der Waals surface area contributed by atoms with Crippen molar-refractivity contribution in [3.05, 3.63) is 72.3 Å². The molecule has 2 aliphatic heterocycles. The first-order chi connectivity index (χ1) is 19.3. The zero-order valence-electron chi connectivity index (χ0n) is 21.9. The minimum atomic E-state index is -0.900. The van der Waals surface area contributed by atoms with E-state index in [-0.39, 0.29) is 48.4 Å². The number of rotatable bonds is 11. The summed E-state index contributed by atoms with van der Waals surface area (Å²) >= 11 is 0. The van der Waals surface area contributed by atoms with Crippen LogP contribution in [0.3, 0.4) is 0 Å². The smallest absolute Gasteiger partial charge is 0.463 e. The second kappa shape index (κ2) is 13.7. The van der Waals surface area contributed by atoms with Crippen LogP contribution in [0.15, 0.2) is 61.2 Å². The Morgan fingerprint density at radius 1 is 0.800 bits per heavy atom. The molecule has 0 saturated carbocycles. The van der Waals surface area contributed by atoms with E-state index in [4.69, 9.17) is 33.2 Å². The first-order valence-electron chi connectivity index (χ1n) is 12.8. The Morgan fingerprint density at radius 2 is 1.38 bits per heavy atom. The summed E-state index contributed by atoms with van der Waals surface area (Å²) in [5.41, 5.74) is 0.527. The average Bonchev–Trinajstić information content (AvgIpc) is 3.53. The molecule has 2 aromatic carbocycles. The lowest BCUT2D eigenvalue weighted by atomic mass is 10.0. The lowest BCUT2D eigenvalue weighted by Gasteiger charge is -2.16. The number of carbonyl (C=O) groups excluding carboxylic acids is 4. The monoisotopic (exact) mass is 554 g/mol.